The number of nitrogens with zero attached hydrogens (tertiary/aromatic N) is 3. The van der Waals surface area contributed by atoms with Crippen molar-refractivity contribution in [2.24, 2.45) is 0 Å². The SMILES string of the molecule is O=C(O)c1cccc(-n2nnc(S(=O)(=O)c3ccc(Cl)cc3)c2-c2ccccc2)c1. The first-order chi connectivity index (χ1) is 14.4. The van der Waals surface area contributed by atoms with Crippen molar-refractivity contribution in [2.45, 2.75) is 9.92 Å². The highest BCUT2D eigenvalue weighted by molar-refractivity contribution is 7.91. The van der Waals surface area contributed by atoms with Crippen LogP contribution in [0.1, 0.15) is 10.4 Å². The zero-order valence-corrected chi connectivity index (χ0v) is 16.9. The highest BCUT2D eigenvalue weighted by Crippen LogP contribution is 2.32. The molecule has 150 valence electrons. The minimum atomic E-state index is -4.02. The summed E-state index contributed by atoms with van der Waals surface area (Å²) in [6, 6.07) is 20.6. The van der Waals surface area contributed by atoms with Gasteiger partial charge in [-0.25, -0.2) is 17.9 Å². The molecule has 1 heterocycles. The topological polar surface area (TPSA) is 102 Å². The van der Waals surface area contributed by atoms with Crippen LogP contribution in [0.4, 0.5) is 0 Å². The summed E-state index contributed by atoms with van der Waals surface area (Å²) in [6.45, 7) is 0. The van der Waals surface area contributed by atoms with E-state index in [1.165, 1.54) is 41.1 Å². The fourth-order valence-corrected chi connectivity index (χ4v) is 4.41. The van der Waals surface area contributed by atoms with Crippen LogP contribution in [0.3, 0.4) is 0 Å². The van der Waals surface area contributed by atoms with Crippen LogP contribution in [-0.2, 0) is 9.84 Å². The quantitative estimate of drug-likeness (QED) is 0.501. The molecule has 3 aromatic carbocycles. The first kappa shape index (κ1) is 19.8. The van der Waals surface area contributed by atoms with Crippen LogP contribution in [0.2, 0.25) is 5.02 Å². The van der Waals surface area contributed by atoms with E-state index in [2.05, 4.69) is 10.3 Å². The zero-order valence-electron chi connectivity index (χ0n) is 15.3. The number of sulfone groups is 1. The van der Waals surface area contributed by atoms with Crippen LogP contribution in [-0.4, -0.2) is 34.5 Å². The maximum absolute atomic E-state index is 13.3. The van der Waals surface area contributed by atoms with Crippen molar-refractivity contribution in [3.63, 3.8) is 0 Å². The van der Waals surface area contributed by atoms with Crippen LogP contribution in [0.15, 0.2) is 88.8 Å². The van der Waals surface area contributed by atoms with Crippen LogP contribution in [0.25, 0.3) is 16.9 Å². The molecule has 0 aliphatic heterocycles. The van der Waals surface area contributed by atoms with Gasteiger partial charge >= 0.3 is 5.97 Å². The highest BCUT2D eigenvalue weighted by Gasteiger charge is 2.29. The van der Waals surface area contributed by atoms with Crippen molar-refractivity contribution in [1.82, 2.24) is 15.0 Å². The Hall–Kier alpha value is -3.49. The van der Waals surface area contributed by atoms with Crippen LogP contribution < -0.4 is 0 Å². The van der Waals surface area contributed by atoms with E-state index in [1.807, 2.05) is 0 Å². The van der Waals surface area contributed by atoms with E-state index in [0.29, 0.717) is 16.3 Å². The van der Waals surface area contributed by atoms with Crippen molar-refractivity contribution < 1.29 is 18.3 Å². The Balaban J connectivity index is 1.97. The summed E-state index contributed by atoms with van der Waals surface area (Å²) < 4.78 is 27.9. The summed E-state index contributed by atoms with van der Waals surface area (Å²) in [5.41, 5.74) is 1.21. The summed E-state index contributed by atoms with van der Waals surface area (Å²) in [4.78, 5) is 11.4. The second-order valence-corrected chi connectivity index (χ2v) is 8.64. The van der Waals surface area contributed by atoms with Gasteiger partial charge in [-0.3, -0.25) is 0 Å². The van der Waals surface area contributed by atoms with Gasteiger partial charge in [0, 0.05) is 10.6 Å². The molecule has 7 nitrogen and oxygen atoms in total. The lowest BCUT2D eigenvalue weighted by atomic mass is 10.1. The number of carboxylic acid groups (broad SMARTS) is 1. The lowest BCUT2D eigenvalue weighted by Gasteiger charge is -2.10. The van der Waals surface area contributed by atoms with Crippen molar-refractivity contribution >= 4 is 27.4 Å². The molecule has 0 aliphatic rings. The molecule has 0 amide bonds. The number of aromatic nitrogens is 3. The molecule has 1 aromatic heterocycles. The van der Waals surface area contributed by atoms with Gasteiger partial charge in [0.15, 0.2) is 0 Å². The molecule has 0 saturated carbocycles. The molecule has 0 atom stereocenters. The first-order valence-corrected chi connectivity index (χ1v) is 10.6. The van der Waals surface area contributed by atoms with E-state index in [9.17, 15) is 18.3 Å². The van der Waals surface area contributed by atoms with Gasteiger partial charge in [0.2, 0.25) is 14.9 Å². The Morgan fingerprint density at radius 3 is 2.30 bits per heavy atom. The molecule has 4 aromatic rings. The summed E-state index contributed by atoms with van der Waals surface area (Å²) in [5, 5.41) is 17.5. The number of carboxylic acids is 1. The zero-order chi connectivity index (χ0) is 21.3. The number of hydrogen-bond donors (Lipinski definition) is 1. The Morgan fingerprint density at radius 2 is 1.63 bits per heavy atom. The summed E-state index contributed by atoms with van der Waals surface area (Å²) >= 11 is 5.88. The Kier molecular flexibility index (Phi) is 5.11. The monoisotopic (exact) mass is 439 g/mol. The van der Waals surface area contributed by atoms with E-state index >= 15 is 0 Å². The number of aromatic carboxylic acids is 1. The normalized spacial score (nSPS) is 11.4. The van der Waals surface area contributed by atoms with Gasteiger partial charge < -0.3 is 5.11 Å². The van der Waals surface area contributed by atoms with Gasteiger partial charge in [-0.05, 0) is 42.5 Å². The second kappa shape index (κ2) is 7.74. The van der Waals surface area contributed by atoms with Crippen LogP contribution in [0.5, 0.6) is 0 Å². The Morgan fingerprint density at radius 1 is 0.933 bits per heavy atom. The molecule has 0 unspecified atom stereocenters. The third-order valence-electron chi connectivity index (χ3n) is 4.40. The molecular formula is C21H14ClN3O4S. The van der Waals surface area contributed by atoms with Crippen LogP contribution in [0, 0.1) is 0 Å². The third-order valence-corrected chi connectivity index (χ3v) is 6.33. The van der Waals surface area contributed by atoms with Gasteiger partial charge in [-0.1, -0.05) is 53.2 Å². The summed E-state index contributed by atoms with van der Waals surface area (Å²) in [6.07, 6.45) is 0. The minimum absolute atomic E-state index is 0.0235. The maximum Gasteiger partial charge on any atom is 0.335 e. The van der Waals surface area contributed by atoms with Crippen LogP contribution >= 0.6 is 11.6 Å². The fraction of sp³-hybridized carbons (Fsp3) is 0. The standard InChI is InChI=1S/C21H14ClN3O4S/c22-16-9-11-18(12-10-16)30(28,29)20-19(14-5-2-1-3-6-14)25(24-23-20)17-8-4-7-15(13-17)21(26)27/h1-13H,(H,26,27). The summed E-state index contributed by atoms with van der Waals surface area (Å²) in [5.74, 6) is -1.10. The molecule has 0 aliphatic carbocycles. The molecular weight excluding hydrogens is 426 g/mol. The van der Waals surface area contributed by atoms with Crippen molar-refractivity contribution in [1.29, 1.82) is 0 Å². The van der Waals surface area contributed by atoms with Crippen molar-refractivity contribution in [3.05, 3.63) is 89.4 Å². The molecule has 0 saturated heterocycles. The molecule has 0 spiro atoms. The van der Waals surface area contributed by atoms with Gasteiger partial charge in [0.1, 0.15) is 5.69 Å². The minimum Gasteiger partial charge on any atom is -0.478 e. The Bertz CT molecular complexity index is 1330. The number of rotatable bonds is 5. The van der Waals surface area contributed by atoms with E-state index in [-0.39, 0.29) is 21.2 Å². The third kappa shape index (κ3) is 3.58. The van der Waals surface area contributed by atoms with Crippen molar-refractivity contribution in [2.75, 3.05) is 0 Å². The lowest BCUT2D eigenvalue weighted by molar-refractivity contribution is 0.0697. The predicted molar refractivity (Wildman–Crippen MR) is 111 cm³/mol. The fourth-order valence-electron chi connectivity index (χ4n) is 2.97. The summed E-state index contributed by atoms with van der Waals surface area (Å²) in [7, 11) is -4.02. The van der Waals surface area contributed by atoms with Gasteiger partial charge in [0.25, 0.3) is 0 Å². The van der Waals surface area contributed by atoms with E-state index in [0.717, 1.165) is 0 Å². The number of carbonyl (C=O) groups is 1. The molecule has 0 radical (unpaired) electrons. The lowest BCUT2D eigenvalue weighted by Crippen LogP contribution is -2.06. The second-order valence-electron chi connectivity index (χ2n) is 6.33. The predicted octanol–water partition coefficient (Wildman–Crippen LogP) is 4.12. The van der Waals surface area contributed by atoms with Gasteiger partial charge in [0.05, 0.1) is 16.1 Å². The molecule has 1 N–H and O–H groups in total. The van der Waals surface area contributed by atoms with Gasteiger partial charge in [-0.2, -0.15) is 0 Å². The average Bonchev–Trinajstić information content (AvgIpc) is 3.21. The molecule has 0 fully saturated rings. The number of hydrogen-bond acceptors (Lipinski definition) is 5. The number of halogens is 1. The Labute approximate surface area is 177 Å². The largest absolute Gasteiger partial charge is 0.478 e. The van der Waals surface area contributed by atoms with Crippen molar-refractivity contribution in [3.8, 4) is 16.9 Å². The van der Waals surface area contributed by atoms with Gasteiger partial charge in [-0.15, -0.1) is 5.10 Å². The smallest absolute Gasteiger partial charge is 0.335 e. The maximum atomic E-state index is 13.3. The van der Waals surface area contributed by atoms with E-state index < -0.39 is 15.8 Å². The average molecular weight is 440 g/mol. The molecule has 4 rings (SSSR count). The molecule has 9 heteroatoms. The highest BCUT2D eigenvalue weighted by atomic mass is 35.5. The van der Waals surface area contributed by atoms with E-state index in [4.69, 9.17) is 11.6 Å². The van der Waals surface area contributed by atoms with E-state index in [1.54, 1.807) is 42.5 Å². The molecule has 0 bridgehead atoms. The first-order valence-electron chi connectivity index (χ1n) is 8.73. The number of benzene rings is 3. The molecule has 30 heavy (non-hydrogen) atoms.